The van der Waals surface area contributed by atoms with Crippen LogP contribution >= 0.6 is 0 Å². The van der Waals surface area contributed by atoms with Crippen molar-refractivity contribution >= 4 is 0 Å². The third-order valence-electron chi connectivity index (χ3n) is 7.29. The maximum atomic E-state index is 10.8. The van der Waals surface area contributed by atoms with Crippen LogP contribution in [0.5, 0.6) is 46.0 Å². The molecule has 0 aliphatic rings. The summed E-state index contributed by atoms with van der Waals surface area (Å²) >= 11 is 0. The Kier molecular flexibility index (Phi) is 9.91. The van der Waals surface area contributed by atoms with Crippen molar-refractivity contribution in [3.63, 3.8) is 0 Å². The lowest BCUT2D eigenvalue weighted by Gasteiger charge is -2.19. The normalized spacial score (nSPS) is 10.7. The molecule has 222 valence electrons. The minimum atomic E-state index is 0.0121. The van der Waals surface area contributed by atoms with E-state index in [4.69, 9.17) is 28.4 Å². The number of hydrogen-bond donors (Lipinski definition) is 2. The van der Waals surface area contributed by atoms with Crippen LogP contribution in [0, 0.1) is 0 Å². The third-order valence-corrected chi connectivity index (χ3v) is 7.29. The standard InChI is InChI=1S/C34H38O8/c1-37-25-11-21(12-26(17-25)38-2)7-9-23-15-33(41-5)31(35)19-29(23)30-20-32(36)34(42-6)16-24(30)10-8-22-13-27(39-3)18-28(14-22)40-4/h11-20,35-36H,7-10H2,1-6H3. The molecule has 0 aliphatic carbocycles. The van der Waals surface area contributed by atoms with Crippen LogP contribution in [0.2, 0.25) is 0 Å². The molecule has 0 spiro atoms. The number of hydrogen-bond acceptors (Lipinski definition) is 8. The van der Waals surface area contributed by atoms with Gasteiger partial charge in [-0.25, -0.2) is 0 Å². The van der Waals surface area contributed by atoms with Crippen molar-refractivity contribution in [2.24, 2.45) is 0 Å². The summed E-state index contributed by atoms with van der Waals surface area (Å²) in [6.45, 7) is 0. The predicted octanol–water partition coefficient (Wildman–Crippen LogP) is 6.39. The van der Waals surface area contributed by atoms with Gasteiger partial charge in [-0.1, -0.05) is 0 Å². The van der Waals surface area contributed by atoms with E-state index >= 15 is 0 Å². The summed E-state index contributed by atoms with van der Waals surface area (Å²) in [4.78, 5) is 0. The second kappa shape index (κ2) is 13.8. The van der Waals surface area contributed by atoms with Gasteiger partial charge in [0.25, 0.3) is 0 Å². The molecule has 0 radical (unpaired) electrons. The molecule has 0 aliphatic heterocycles. The number of aromatic hydroxyl groups is 2. The van der Waals surface area contributed by atoms with E-state index < -0.39 is 0 Å². The minimum Gasteiger partial charge on any atom is -0.504 e. The fraction of sp³-hybridized carbons (Fsp3) is 0.294. The third kappa shape index (κ3) is 6.94. The topological polar surface area (TPSA) is 95.8 Å². The van der Waals surface area contributed by atoms with Gasteiger partial charge in [-0.3, -0.25) is 0 Å². The monoisotopic (exact) mass is 574 g/mol. The zero-order valence-corrected chi connectivity index (χ0v) is 24.9. The van der Waals surface area contributed by atoms with Gasteiger partial charge in [0.05, 0.1) is 42.7 Å². The summed E-state index contributed by atoms with van der Waals surface area (Å²) in [6, 6.07) is 18.7. The molecule has 0 fully saturated rings. The van der Waals surface area contributed by atoms with E-state index in [-0.39, 0.29) is 11.5 Å². The Morgan fingerprint density at radius 3 is 1.02 bits per heavy atom. The molecule has 8 heteroatoms. The zero-order valence-electron chi connectivity index (χ0n) is 24.9. The number of rotatable bonds is 13. The summed E-state index contributed by atoms with van der Waals surface area (Å²) in [6.07, 6.45) is 2.61. The molecule has 0 unspecified atom stereocenters. The number of phenols is 2. The highest BCUT2D eigenvalue weighted by molar-refractivity contribution is 5.76. The first-order chi connectivity index (χ1) is 20.3. The average Bonchev–Trinajstić information content (AvgIpc) is 3.02. The van der Waals surface area contributed by atoms with Crippen LogP contribution in [0.15, 0.2) is 60.7 Å². The van der Waals surface area contributed by atoms with Crippen molar-refractivity contribution < 1.29 is 38.6 Å². The van der Waals surface area contributed by atoms with E-state index in [1.165, 1.54) is 14.2 Å². The Hall–Kier alpha value is -4.72. The van der Waals surface area contributed by atoms with Gasteiger partial charge >= 0.3 is 0 Å². The van der Waals surface area contributed by atoms with Crippen LogP contribution in [0.25, 0.3) is 11.1 Å². The van der Waals surface area contributed by atoms with Gasteiger partial charge in [0.2, 0.25) is 0 Å². The van der Waals surface area contributed by atoms with E-state index in [9.17, 15) is 10.2 Å². The quantitative estimate of drug-likeness (QED) is 0.190. The predicted molar refractivity (Wildman–Crippen MR) is 162 cm³/mol. The molecule has 42 heavy (non-hydrogen) atoms. The van der Waals surface area contributed by atoms with Crippen molar-refractivity contribution in [1.29, 1.82) is 0 Å². The maximum Gasteiger partial charge on any atom is 0.160 e. The molecule has 0 saturated carbocycles. The molecular weight excluding hydrogens is 536 g/mol. The molecule has 0 bridgehead atoms. The van der Waals surface area contributed by atoms with Crippen LogP contribution < -0.4 is 28.4 Å². The number of aryl methyl sites for hydroxylation is 4. The molecule has 0 heterocycles. The van der Waals surface area contributed by atoms with E-state index in [0.29, 0.717) is 60.2 Å². The molecule has 0 atom stereocenters. The first kappa shape index (κ1) is 30.2. The second-order valence-electron chi connectivity index (χ2n) is 9.80. The van der Waals surface area contributed by atoms with Crippen molar-refractivity contribution in [1.82, 2.24) is 0 Å². The zero-order chi connectivity index (χ0) is 30.2. The Labute approximate surface area is 247 Å². The van der Waals surface area contributed by atoms with E-state index in [1.54, 1.807) is 40.6 Å². The molecule has 2 N–H and O–H groups in total. The number of methoxy groups -OCH3 is 6. The average molecular weight is 575 g/mol. The molecular formula is C34H38O8. The Morgan fingerprint density at radius 2 is 0.738 bits per heavy atom. The van der Waals surface area contributed by atoms with Gasteiger partial charge in [-0.05, 0) is 108 Å². The van der Waals surface area contributed by atoms with E-state index in [2.05, 4.69) is 0 Å². The fourth-order valence-corrected chi connectivity index (χ4v) is 5.04. The van der Waals surface area contributed by atoms with Gasteiger partial charge in [0, 0.05) is 12.1 Å². The van der Waals surface area contributed by atoms with Gasteiger partial charge in [-0.15, -0.1) is 0 Å². The lowest BCUT2D eigenvalue weighted by atomic mass is 9.89. The van der Waals surface area contributed by atoms with Crippen LogP contribution in [-0.4, -0.2) is 52.9 Å². The lowest BCUT2D eigenvalue weighted by Crippen LogP contribution is -2.01. The highest BCUT2D eigenvalue weighted by Gasteiger charge is 2.18. The molecule has 0 amide bonds. The van der Waals surface area contributed by atoms with Crippen LogP contribution in [0.4, 0.5) is 0 Å². The van der Waals surface area contributed by atoms with Crippen molar-refractivity contribution in [2.45, 2.75) is 25.7 Å². The van der Waals surface area contributed by atoms with Crippen molar-refractivity contribution in [3.8, 4) is 57.1 Å². The Morgan fingerprint density at radius 1 is 0.405 bits per heavy atom. The van der Waals surface area contributed by atoms with E-state index in [1.807, 2.05) is 48.5 Å². The summed E-state index contributed by atoms with van der Waals surface area (Å²) in [5.41, 5.74) is 5.54. The van der Waals surface area contributed by atoms with Crippen LogP contribution in [0.3, 0.4) is 0 Å². The summed E-state index contributed by atoms with van der Waals surface area (Å²) < 4.78 is 32.7. The maximum absolute atomic E-state index is 10.8. The smallest absolute Gasteiger partial charge is 0.160 e. The fourth-order valence-electron chi connectivity index (χ4n) is 5.04. The highest BCUT2D eigenvalue weighted by Crippen LogP contribution is 2.41. The summed E-state index contributed by atoms with van der Waals surface area (Å²) in [7, 11) is 9.56. The minimum absolute atomic E-state index is 0.0121. The van der Waals surface area contributed by atoms with Gasteiger partial charge in [0.1, 0.15) is 23.0 Å². The Bertz CT molecular complexity index is 1370. The van der Waals surface area contributed by atoms with Crippen LogP contribution in [0.1, 0.15) is 22.3 Å². The molecule has 4 aromatic rings. The van der Waals surface area contributed by atoms with Crippen molar-refractivity contribution in [3.05, 3.63) is 82.9 Å². The largest absolute Gasteiger partial charge is 0.504 e. The molecule has 8 nitrogen and oxygen atoms in total. The molecule has 4 aromatic carbocycles. The summed E-state index contributed by atoms with van der Waals surface area (Å²) in [5, 5.41) is 21.6. The van der Waals surface area contributed by atoms with Gasteiger partial charge < -0.3 is 38.6 Å². The van der Waals surface area contributed by atoms with Gasteiger partial charge in [0.15, 0.2) is 23.0 Å². The highest BCUT2D eigenvalue weighted by atomic mass is 16.5. The molecule has 0 aromatic heterocycles. The number of phenolic OH excluding ortho intramolecular Hbond substituents is 2. The van der Waals surface area contributed by atoms with Crippen molar-refractivity contribution in [2.75, 3.05) is 42.7 Å². The SMILES string of the molecule is COc1cc(CCc2cc(OC)c(O)cc2-c2cc(O)c(OC)cc2CCc2cc(OC)cc(OC)c2)cc(OC)c1. The Balaban J connectivity index is 1.76. The molecule has 4 rings (SSSR count). The number of ether oxygens (including phenoxy) is 6. The lowest BCUT2D eigenvalue weighted by molar-refractivity contribution is 0.372. The summed E-state index contributed by atoms with van der Waals surface area (Å²) in [5.74, 6) is 3.62. The molecule has 0 saturated heterocycles. The first-order valence-corrected chi connectivity index (χ1v) is 13.6. The second-order valence-corrected chi connectivity index (χ2v) is 9.80. The van der Waals surface area contributed by atoms with Crippen LogP contribution in [-0.2, 0) is 25.7 Å². The first-order valence-electron chi connectivity index (χ1n) is 13.6. The van der Waals surface area contributed by atoms with Gasteiger partial charge in [-0.2, -0.15) is 0 Å². The van der Waals surface area contributed by atoms with E-state index in [0.717, 1.165) is 33.4 Å². The number of benzene rings is 4.